The average Bonchev–Trinajstić information content (AvgIpc) is 3.23. The number of nitrogens with one attached hydrogen (secondary N) is 1. The van der Waals surface area contributed by atoms with Crippen molar-refractivity contribution in [3.63, 3.8) is 0 Å². The number of likely N-dealkylation sites (tertiary alicyclic amines) is 1. The van der Waals surface area contributed by atoms with Crippen molar-refractivity contribution < 1.29 is 9.13 Å². The summed E-state index contributed by atoms with van der Waals surface area (Å²) in [5.74, 6) is 1.97. The molecule has 124 valence electrons. The van der Waals surface area contributed by atoms with E-state index in [9.17, 15) is 4.39 Å². The lowest BCUT2D eigenvalue weighted by atomic mass is 9.82. The smallest absolute Gasteiger partial charge is 0.193 e. The third-order valence-corrected chi connectivity index (χ3v) is 6.18. The predicted molar refractivity (Wildman–Crippen MR) is 90.7 cm³/mol. The molecule has 0 spiro atoms. The molecule has 0 radical (unpaired) electrons. The quantitative estimate of drug-likeness (QED) is 0.632. The molecule has 0 aromatic heterocycles. The van der Waals surface area contributed by atoms with Gasteiger partial charge in [0.15, 0.2) is 5.96 Å². The van der Waals surface area contributed by atoms with Gasteiger partial charge in [0.1, 0.15) is 5.82 Å². The monoisotopic (exact) mass is 381 g/mol. The molecule has 3 heterocycles. The summed E-state index contributed by atoms with van der Waals surface area (Å²) in [6.45, 7) is 2.58. The summed E-state index contributed by atoms with van der Waals surface area (Å²) < 4.78 is 20.3. The van der Waals surface area contributed by atoms with Crippen LogP contribution in [0, 0.1) is 17.7 Å². The number of hydrogen-bond donors (Lipinski definition) is 1. The Balaban J connectivity index is 1.41. The van der Waals surface area contributed by atoms with Gasteiger partial charge in [-0.15, -0.1) is 0 Å². The van der Waals surface area contributed by atoms with E-state index in [1.54, 1.807) is 12.1 Å². The van der Waals surface area contributed by atoms with E-state index in [0.717, 1.165) is 29.1 Å². The van der Waals surface area contributed by atoms with Crippen molar-refractivity contribution in [1.29, 1.82) is 0 Å². The van der Waals surface area contributed by atoms with Crippen LogP contribution in [0.25, 0.3) is 0 Å². The summed E-state index contributed by atoms with van der Waals surface area (Å²) in [6, 6.07) is 4.75. The van der Waals surface area contributed by atoms with Crippen LogP contribution >= 0.6 is 15.9 Å². The van der Waals surface area contributed by atoms with Crippen molar-refractivity contribution in [1.82, 2.24) is 10.2 Å². The molecule has 4 rings (SSSR count). The summed E-state index contributed by atoms with van der Waals surface area (Å²) in [5.41, 5.74) is 0.897. The van der Waals surface area contributed by atoms with Crippen molar-refractivity contribution in [2.45, 2.75) is 31.6 Å². The van der Waals surface area contributed by atoms with E-state index in [0.29, 0.717) is 30.6 Å². The van der Waals surface area contributed by atoms with Gasteiger partial charge in [-0.1, -0.05) is 15.9 Å². The number of halogens is 2. The topological polar surface area (TPSA) is 36.9 Å². The normalized spacial score (nSPS) is 32.5. The van der Waals surface area contributed by atoms with Crippen LogP contribution in [0.4, 0.5) is 4.39 Å². The van der Waals surface area contributed by atoms with E-state index in [4.69, 9.17) is 4.74 Å². The largest absolute Gasteiger partial charge is 0.374 e. The van der Waals surface area contributed by atoms with Gasteiger partial charge in [-0.2, -0.15) is 0 Å². The first-order valence-electron chi connectivity index (χ1n) is 8.20. The van der Waals surface area contributed by atoms with Gasteiger partial charge >= 0.3 is 0 Å². The first-order chi connectivity index (χ1) is 11.2. The van der Waals surface area contributed by atoms with Crippen LogP contribution in [0.1, 0.15) is 18.4 Å². The number of guanidine groups is 1. The molecule has 3 saturated heterocycles. The molecule has 1 aromatic carbocycles. The number of hydrogen-bond acceptors (Lipinski definition) is 2. The Labute approximate surface area is 144 Å². The van der Waals surface area contributed by atoms with Gasteiger partial charge < -0.3 is 15.0 Å². The average molecular weight is 382 g/mol. The Kier molecular flexibility index (Phi) is 4.05. The van der Waals surface area contributed by atoms with Crippen LogP contribution < -0.4 is 5.32 Å². The van der Waals surface area contributed by atoms with Crippen LogP contribution in [0.2, 0.25) is 0 Å². The van der Waals surface area contributed by atoms with Crippen molar-refractivity contribution >= 4 is 21.9 Å². The molecule has 2 bridgehead atoms. The molecule has 0 aliphatic carbocycles. The van der Waals surface area contributed by atoms with Crippen LogP contribution in [0.15, 0.2) is 27.7 Å². The molecule has 3 aliphatic heterocycles. The zero-order chi connectivity index (χ0) is 16.0. The highest BCUT2D eigenvalue weighted by Crippen LogP contribution is 2.47. The minimum absolute atomic E-state index is 0.218. The summed E-state index contributed by atoms with van der Waals surface area (Å²) in [4.78, 5) is 6.75. The second-order valence-electron chi connectivity index (χ2n) is 6.66. The number of nitrogens with zero attached hydrogens (tertiary/aromatic N) is 2. The van der Waals surface area contributed by atoms with Crippen molar-refractivity contribution in [2.24, 2.45) is 16.8 Å². The van der Waals surface area contributed by atoms with Gasteiger partial charge in [0.05, 0.1) is 12.2 Å². The van der Waals surface area contributed by atoms with Crippen molar-refractivity contribution in [3.8, 4) is 0 Å². The highest BCUT2D eigenvalue weighted by atomic mass is 79.9. The second-order valence-corrected chi connectivity index (χ2v) is 7.51. The minimum Gasteiger partial charge on any atom is -0.374 e. The summed E-state index contributed by atoms with van der Waals surface area (Å²) in [6.07, 6.45) is 3.32. The van der Waals surface area contributed by atoms with Gasteiger partial charge in [0.25, 0.3) is 0 Å². The molecule has 3 fully saturated rings. The number of fused-ring (bicyclic) bond motifs is 5. The lowest BCUT2D eigenvalue weighted by molar-refractivity contribution is 0.0767. The molecule has 0 saturated carbocycles. The summed E-state index contributed by atoms with van der Waals surface area (Å²) >= 11 is 3.47. The number of ether oxygens (including phenoxy) is 1. The van der Waals surface area contributed by atoms with Gasteiger partial charge in [-0.25, -0.2) is 4.39 Å². The zero-order valence-corrected chi connectivity index (χ0v) is 14.7. The van der Waals surface area contributed by atoms with Gasteiger partial charge in [-0.3, -0.25) is 4.99 Å². The van der Waals surface area contributed by atoms with Crippen molar-refractivity contribution in [2.75, 3.05) is 20.1 Å². The first-order valence-corrected chi connectivity index (χ1v) is 9.00. The number of aliphatic imine (C=N–C) groups is 1. The van der Waals surface area contributed by atoms with Crippen LogP contribution in [0.3, 0.4) is 0 Å². The Morgan fingerprint density at radius 3 is 2.70 bits per heavy atom. The SMILES string of the molecule is CN=C(NCc1cc(F)ccc1Br)N1CC2C3CCC(O3)C2C1. The fourth-order valence-electron chi connectivity index (χ4n) is 4.32. The molecule has 0 amide bonds. The van der Waals surface area contributed by atoms with E-state index in [-0.39, 0.29) is 5.82 Å². The molecular formula is C17H21BrFN3O. The third-order valence-electron chi connectivity index (χ3n) is 5.41. The molecule has 3 aliphatic rings. The van der Waals surface area contributed by atoms with Gasteiger partial charge in [0.2, 0.25) is 0 Å². The van der Waals surface area contributed by atoms with Gasteiger partial charge in [0, 0.05) is 43.0 Å². The Bertz CT molecular complexity index is 620. The van der Waals surface area contributed by atoms with E-state index in [2.05, 4.69) is 31.1 Å². The van der Waals surface area contributed by atoms with Crippen LogP contribution in [-0.4, -0.2) is 43.2 Å². The lowest BCUT2D eigenvalue weighted by Gasteiger charge is -2.23. The van der Waals surface area contributed by atoms with Crippen LogP contribution in [-0.2, 0) is 11.3 Å². The molecule has 1 N–H and O–H groups in total. The molecular weight excluding hydrogens is 361 g/mol. The zero-order valence-electron chi connectivity index (χ0n) is 13.1. The molecule has 23 heavy (non-hydrogen) atoms. The maximum Gasteiger partial charge on any atom is 0.193 e. The highest BCUT2D eigenvalue weighted by Gasteiger charge is 2.53. The molecule has 4 nitrogen and oxygen atoms in total. The predicted octanol–water partition coefficient (Wildman–Crippen LogP) is 2.77. The Morgan fingerprint density at radius 2 is 2.04 bits per heavy atom. The molecule has 4 unspecified atom stereocenters. The summed E-state index contributed by atoms with van der Waals surface area (Å²) in [7, 11) is 1.81. The highest BCUT2D eigenvalue weighted by molar-refractivity contribution is 9.10. The number of rotatable bonds is 2. The Morgan fingerprint density at radius 1 is 1.35 bits per heavy atom. The lowest BCUT2D eigenvalue weighted by Crippen LogP contribution is -2.41. The third kappa shape index (κ3) is 2.76. The fourth-order valence-corrected chi connectivity index (χ4v) is 4.71. The Hall–Kier alpha value is -1.14. The van der Waals surface area contributed by atoms with Crippen molar-refractivity contribution in [3.05, 3.63) is 34.1 Å². The molecule has 1 aromatic rings. The van der Waals surface area contributed by atoms with Gasteiger partial charge in [-0.05, 0) is 36.6 Å². The van der Waals surface area contributed by atoms with Crippen LogP contribution in [0.5, 0.6) is 0 Å². The number of benzene rings is 1. The molecule has 4 atom stereocenters. The van der Waals surface area contributed by atoms with E-state index < -0.39 is 0 Å². The maximum atomic E-state index is 13.4. The maximum absolute atomic E-state index is 13.4. The van der Waals surface area contributed by atoms with E-state index in [1.807, 2.05) is 7.05 Å². The summed E-state index contributed by atoms with van der Waals surface area (Å²) in [5, 5.41) is 3.37. The van der Waals surface area contributed by atoms with E-state index >= 15 is 0 Å². The fraction of sp³-hybridized carbons (Fsp3) is 0.588. The van der Waals surface area contributed by atoms with E-state index in [1.165, 1.54) is 18.9 Å². The molecule has 6 heteroatoms. The minimum atomic E-state index is -0.218. The standard InChI is InChI=1S/C17H21BrFN3O/c1-20-17(21-7-10-6-11(19)2-3-14(10)18)22-8-12-13(9-22)16-5-4-15(12)23-16/h2-3,6,12-13,15-16H,4-5,7-9H2,1H3,(H,20,21). The second kappa shape index (κ2) is 6.06. The first kappa shape index (κ1) is 15.4.